The maximum absolute atomic E-state index is 11.7. The van der Waals surface area contributed by atoms with Crippen LogP contribution in [-0.2, 0) is 4.79 Å². The van der Waals surface area contributed by atoms with Gasteiger partial charge in [-0.1, -0.05) is 13.2 Å². The number of benzene rings is 1. The molecule has 19 heavy (non-hydrogen) atoms. The topological polar surface area (TPSA) is 56.5 Å². The third-order valence-corrected chi connectivity index (χ3v) is 2.55. The average Bonchev–Trinajstić information content (AvgIpc) is 2.37. The Morgan fingerprint density at radius 1 is 1.37 bits per heavy atom. The molecule has 0 spiro atoms. The number of esters is 1. The molecule has 0 radical (unpaired) electrons. The lowest BCUT2D eigenvalue weighted by molar-refractivity contribution is -0.128. The van der Waals surface area contributed by atoms with E-state index in [0.29, 0.717) is 22.5 Å². The van der Waals surface area contributed by atoms with E-state index in [1.54, 1.807) is 25.1 Å². The Labute approximate surface area is 109 Å². The largest absolute Gasteiger partial charge is 0.423 e. The molecule has 0 N–H and O–H groups in total. The first kappa shape index (κ1) is 12.8. The van der Waals surface area contributed by atoms with Gasteiger partial charge in [0.05, 0.1) is 5.56 Å². The summed E-state index contributed by atoms with van der Waals surface area (Å²) >= 11 is 0. The molecule has 0 fully saturated rings. The first-order chi connectivity index (χ1) is 9.01. The number of hydrogen-bond acceptors (Lipinski definition) is 4. The Morgan fingerprint density at radius 2 is 2.11 bits per heavy atom. The van der Waals surface area contributed by atoms with Gasteiger partial charge in [0.15, 0.2) is 0 Å². The third kappa shape index (κ3) is 2.63. The normalized spacial score (nSPS) is 10.2. The van der Waals surface area contributed by atoms with Gasteiger partial charge in [-0.3, -0.25) is 0 Å². The summed E-state index contributed by atoms with van der Waals surface area (Å²) in [6.07, 6.45) is 1.06. The van der Waals surface area contributed by atoms with Crippen molar-refractivity contribution in [2.75, 3.05) is 0 Å². The molecule has 1 heterocycles. The van der Waals surface area contributed by atoms with Gasteiger partial charge < -0.3 is 9.15 Å². The molecule has 0 aliphatic carbocycles. The summed E-state index contributed by atoms with van der Waals surface area (Å²) in [5, 5.41) is 0.732. The van der Waals surface area contributed by atoms with E-state index in [4.69, 9.17) is 9.15 Å². The van der Waals surface area contributed by atoms with Crippen LogP contribution in [0, 0.1) is 0 Å². The molecular weight excluding hydrogens is 244 g/mol. The highest BCUT2D eigenvalue weighted by atomic mass is 16.5. The van der Waals surface area contributed by atoms with Crippen LogP contribution in [0.1, 0.15) is 12.5 Å². The summed E-state index contributed by atoms with van der Waals surface area (Å²) < 4.78 is 10.1. The Morgan fingerprint density at radius 3 is 2.74 bits per heavy atom. The second-order valence-corrected chi connectivity index (χ2v) is 4.05. The smallest absolute Gasteiger partial charge is 0.343 e. The third-order valence-electron chi connectivity index (χ3n) is 2.55. The van der Waals surface area contributed by atoms with Crippen molar-refractivity contribution in [1.29, 1.82) is 0 Å². The summed E-state index contributed by atoms with van der Waals surface area (Å²) in [7, 11) is 0. The van der Waals surface area contributed by atoms with Crippen LogP contribution in [0.15, 0.2) is 52.7 Å². The minimum Gasteiger partial charge on any atom is -0.423 e. The van der Waals surface area contributed by atoms with Gasteiger partial charge in [0.2, 0.25) is 0 Å². The lowest BCUT2D eigenvalue weighted by atomic mass is 10.1. The lowest BCUT2D eigenvalue weighted by Crippen LogP contribution is -2.05. The molecule has 4 nitrogen and oxygen atoms in total. The summed E-state index contributed by atoms with van der Waals surface area (Å²) in [6.45, 7) is 8.76. The van der Waals surface area contributed by atoms with Crippen LogP contribution in [0.2, 0.25) is 0 Å². The molecule has 0 bridgehead atoms. The lowest BCUT2D eigenvalue weighted by Gasteiger charge is -2.04. The van der Waals surface area contributed by atoms with Crippen LogP contribution in [0.25, 0.3) is 16.5 Å². The van der Waals surface area contributed by atoms with Crippen molar-refractivity contribution in [3.63, 3.8) is 0 Å². The SMILES string of the molecule is C=CC(=O)Oc1ccc2cc(C(=C)C)c(=O)oc2c1. The van der Waals surface area contributed by atoms with E-state index in [1.807, 2.05) is 0 Å². The van der Waals surface area contributed by atoms with Crippen LogP contribution in [-0.4, -0.2) is 5.97 Å². The van der Waals surface area contributed by atoms with Gasteiger partial charge in [0.25, 0.3) is 0 Å². The number of allylic oxidation sites excluding steroid dienone is 1. The van der Waals surface area contributed by atoms with E-state index in [0.717, 1.165) is 11.5 Å². The van der Waals surface area contributed by atoms with Crippen molar-refractivity contribution in [3.05, 3.63) is 59.5 Å². The van der Waals surface area contributed by atoms with Gasteiger partial charge in [-0.05, 0) is 30.7 Å². The fourth-order valence-corrected chi connectivity index (χ4v) is 1.61. The highest BCUT2D eigenvalue weighted by Crippen LogP contribution is 2.22. The molecule has 1 aromatic carbocycles. The predicted molar refractivity (Wildman–Crippen MR) is 73.0 cm³/mol. The molecule has 96 valence electrons. The second kappa shape index (κ2) is 4.94. The number of carbonyl (C=O) groups is 1. The molecule has 0 amide bonds. The van der Waals surface area contributed by atoms with Crippen LogP contribution in [0.5, 0.6) is 5.75 Å². The zero-order chi connectivity index (χ0) is 14.0. The minimum atomic E-state index is -0.569. The van der Waals surface area contributed by atoms with Crippen LogP contribution >= 0.6 is 0 Å². The summed E-state index contributed by atoms with van der Waals surface area (Å²) in [6, 6.07) is 6.51. The zero-order valence-corrected chi connectivity index (χ0v) is 10.4. The van der Waals surface area contributed by atoms with Crippen LogP contribution in [0.4, 0.5) is 0 Å². The highest BCUT2D eigenvalue weighted by molar-refractivity contribution is 5.85. The van der Waals surface area contributed by atoms with Crippen molar-refractivity contribution >= 4 is 22.5 Å². The molecule has 2 rings (SSSR count). The van der Waals surface area contributed by atoms with E-state index in [9.17, 15) is 9.59 Å². The fraction of sp³-hybridized carbons (Fsp3) is 0.0667. The molecule has 2 aromatic rings. The summed E-state index contributed by atoms with van der Waals surface area (Å²) in [5.41, 5.74) is 0.956. The molecule has 4 heteroatoms. The van der Waals surface area contributed by atoms with Gasteiger partial charge in [0.1, 0.15) is 11.3 Å². The quantitative estimate of drug-likeness (QED) is 0.366. The van der Waals surface area contributed by atoms with Crippen LogP contribution in [0.3, 0.4) is 0 Å². The molecule has 0 aliphatic heterocycles. The highest BCUT2D eigenvalue weighted by Gasteiger charge is 2.08. The fourth-order valence-electron chi connectivity index (χ4n) is 1.61. The Bertz CT molecular complexity index is 737. The van der Waals surface area contributed by atoms with Crippen LogP contribution < -0.4 is 10.4 Å². The molecule has 0 saturated carbocycles. The second-order valence-electron chi connectivity index (χ2n) is 4.05. The van der Waals surface area contributed by atoms with Crippen molar-refractivity contribution in [2.45, 2.75) is 6.92 Å². The molecule has 1 aromatic heterocycles. The standard InChI is InChI=1S/C15H12O4/c1-4-14(16)18-11-6-5-10-7-12(9(2)3)15(17)19-13(10)8-11/h4-8H,1-2H2,3H3. The molecular formula is C15H12O4. The first-order valence-electron chi connectivity index (χ1n) is 5.59. The van der Waals surface area contributed by atoms with Gasteiger partial charge in [0, 0.05) is 17.5 Å². The Hall–Kier alpha value is -2.62. The predicted octanol–water partition coefficient (Wildman–Crippen LogP) is 2.92. The number of ether oxygens (including phenoxy) is 1. The zero-order valence-electron chi connectivity index (χ0n) is 10.4. The first-order valence-corrected chi connectivity index (χ1v) is 5.59. The Balaban J connectivity index is 2.53. The van der Waals surface area contributed by atoms with E-state index < -0.39 is 11.6 Å². The van der Waals surface area contributed by atoms with E-state index in [1.165, 1.54) is 6.07 Å². The Kier molecular flexibility index (Phi) is 3.33. The molecule has 0 atom stereocenters. The van der Waals surface area contributed by atoms with E-state index >= 15 is 0 Å². The van der Waals surface area contributed by atoms with Gasteiger partial charge in [-0.2, -0.15) is 0 Å². The number of carbonyl (C=O) groups excluding carboxylic acids is 1. The minimum absolute atomic E-state index is 0.295. The number of rotatable bonds is 3. The van der Waals surface area contributed by atoms with Gasteiger partial charge >= 0.3 is 11.6 Å². The summed E-state index contributed by atoms with van der Waals surface area (Å²) in [4.78, 5) is 22.8. The van der Waals surface area contributed by atoms with E-state index in [-0.39, 0.29) is 0 Å². The molecule has 0 aliphatic rings. The van der Waals surface area contributed by atoms with Crippen molar-refractivity contribution in [1.82, 2.24) is 0 Å². The number of fused-ring (bicyclic) bond motifs is 1. The van der Waals surface area contributed by atoms with E-state index in [2.05, 4.69) is 13.2 Å². The van der Waals surface area contributed by atoms with Crippen molar-refractivity contribution in [2.24, 2.45) is 0 Å². The van der Waals surface area contributed by atoms with Gasteiger partial charge in [-0.25, -0.2) is 9.59 Å². The summed E-state index contributed by atoms with van der Waals surface area (Å²) in [5.74, 6) is -0.274. The molecule has 0 saturated heterocycles. The van der Waals surface area contributed by atoms with Gasteiger partial charge in [-0.15, -0.1) is 0 Å². The monoisotopic (exact) mass is 256 g/mol. The maximum atomic E-state index is 11.7. The molecule has 0 unspecified atom stereocenters. The number of hydrogen-bond donors (Lipinski definition) is 0. The average molecular weight is 256 g/mol. The van der Waals surface area contributed by atoms with Crippen molar-refractivity contribution in [3.8, 4) is 5.75 Å². The maximum Gasteiger partial charge on any atom is 0.343 e. The van der Waals surface area contributed by atoms with Crippen molar-refractivity contribution < 1.29 is 13.9 Å².